The van der Waals surface area contributed by atoms with Crippen LogP contribution in [0.15, 0.2) is 67.2 Å². The van der Waals surface area contributed by atoms with Crippen LogP contribution in [-0.2, 0) is 6.54 Å². The molecule has 0 N–H and O–H groups in total. The molecule has 22 heavy (non-hydrogen) atoms. The monoisotopic (exact) mass is 309 g/mol. The summed E-state index contributed by atoms with van der Waals surface area (Å²) in [7, 11) is 0. The van der Waals surface area contributed by atoms with Crippen LogP contribution in [0.1, 0.15) is 11.3 Å². The van der Waals surface area contributed by atoms with Gasteiger partial charge >= 0.3 is 0 Å². The van der Waals surface area contributed by atoms with Crippen LogP contribution in [0.3, 0.4) is 0 Å². The van der Waals surface area contributed by atoms with E-state index >= 15 is 0 Å². The molecule has 0 amide bonds. The lowest BCUT2D eigenvalue weighted by atomic mass is 10.00. The Kier molecular flexibility index (Phi) is 4.35. The lowest BCUT2D eigenvalue weighted by Crippen LogP contribution is -2.04. The van der Waals surface area contributed by atoms with Crippen molar-refractivity contribution in [3.05, 3.63) is 78.5 Å². The maximum atomic E-state index is 5.89. The molecular weight excluding hydrogens is 294 g/mol. The first-order chi connectivity index (χ1) is 10.8. The Morgan fingerprint density at radius 3 is 2.27 bits per heavy atom. The van der Waals surface area contributed by atoms with Gasteiger partial charge in [0.15, 0.2) is 0 Å². The predicted octanol–water partition coefficient (Wildman–Crippen LogP) is 4.25. The lowest BCUT2D eigenvalue weighted by Gasteiger charge is -2.09. The molecule has 0 atom stereocenters. The average molecular weight is 310 g/mol. The van der Waals surface area contributed by atoms with Gasteiger partial charge in [-0.05, 0) is 5.56 Å². The maximum Gasteiger partial charge on any atom is 0.121 e. The van der Waals surface area contributed by atoms with Crippen molar-refractivity contribution in [3.63, 3.8) is 0 Å². The average Bonchev–Trinajstić information content (AvgIpc) is 3.00. The zero-order valence-corrected chi connectivity index (χ0v) is 12.9. The van der Waals surface area contributed by atoms with E-state index in [1.807, 2.05) is 65.3 Å². The molecule has 0 saturated heterocycles. The lowest BCUT2D eigenvalue weighted by molar-refractivity contribution is 0.636. The maximum absolute atomic E-state index is 5.89. The van der Waals surface area contributed by atoms with E-state index in [1.54, 1.807) is 0 Å². The summed E-state index contributed by atoms with van der Waals surface area (Å²) in [5, 5.41) is 8.59. The van der Waals surface area contributed by atoms with Crippen LogP contribution < -0.4 is 0 Å². The van der Waals surface area contributed by atoms with Crippen molar-refractivity contribution in [1.29, 1.82) is 0 Å². The normalized spacial score (nSPS) is 10.6. The van der Waals surface area contributed by atoms with Gasteiger partial charge in [-0.15, -0.1) is 16.7 Å². The molecule has 0 aliphatic heterocycles. The molecule has 0 bridgehead atoms. The van der Waals surface area contributed by atoms with Gasteiger partial charge in [-0.25, -0.2) is 4.68 Å². The van der Waals surface area contributed by atoms with Crippen molar-refractivity contribution in [3.8, 4) is 11.3 Å². The van der Waals surface area contributed by atoms with Crippen LogP contribution in [-0.4, -0.2) is 20.9 Å². The Labute approximate surface area is 134 Å². The third-order valence-corrected chi connectivity index (χ3v) is 3.66. The second-order valence-electron chi connectivity index (χ2n) is 4.91. The minimum absolute atomic E-state index is 0.487. The van der Waals surface area contributed by atoms with Crippen molar-refractivity contribution >= 4 is 17.2 Å². The van der Waals surface area contributed by atoms with Gasteiger partial charge < -0.3 is 0 Å². The highest BCUT2D eigenvalue weighted by Crippen LogP contribution is 2.30. The van der Waals surface area contributed by atoms with E-state index in [-0.39, 0.29) is 0 Å². The molecule has 0 radical (unpaired) electrons. The first-order valence-electron chi connectivity index (χ1n) is 7.11. The molecule has 3 aromatic rings. The first-order valence-corrected chi connectivity index (χ1v) is 7.64. The fourth-order valence-electron chi connectivity index (χ4n) is 2.41. The van der Waals surface area contributed by atoms with Crippen molar-refractivity contribution in [2.45, 2.75) is 6.54 Å². The number of benzene rings is 2. The molecule has 110 valence electrons. The van der Waals surface area contributed by atoms with Crippen molar-refractivity contribution < 1.29 is 0 Å². The zero-order chi connectivity index (χ0) is 15.4. The third kappa shape index (κ3) is 2.81. The highest BCUT2D eigenvalue weighted by molar-refractivity contribution is 6.17. The van der Waals surface area contributed by atoms with Crippen LogP contribution in [0, 0.1) is 0 Å². The van der Waals surface area contributed by atoms with Gasteiger partial charge in [0, 0.05) is 17.0 Å². The second kappa shape index (κ2) is 6.58. The van der Waals surface area contributed by atoms with Gasteiger partial charge in [-0.2, -0.15) is 0 Å². The Morgan fingerprint density at radius 2 is 1.64 bits per heavy atom. The number of rotatable bonds is 5. The summed E-state index contributed by atoms with van der Waals surface area (Å²) in [5.74, 6) is 0.487. The molecule has 4 heteroatoms. The highest BCUT2D eigenvalue weighted by atomic mass is 35.5. The zero-order valence-electron chi connectivity index (χ0n) is 12.1. The van der Waals surface area contributed by atoms with Gasteiger partial charge in [0.05, 0.1) is 12.2 Å². The van der Waals surface area contributed by atoms with E-state index in [2.05, 4.69) is 16.9 Å². The number of hydrogen-bond acceptors (Lipinski definition) is 2. The van der Waals surface area contributed by atoms with Crippen LogP contribution in [0.25, 0.3) is 16.8 Å². The molecule has 3 nitrogen and oxygen atoms in total. The largest absolute Gasteiger partial charge is 0.243 e. The van der Waals surface area contributed by atoms with Crippen LogP contribution in [0.4, 0.5) is 0 Å². The molecule has 3 rings (SSSR count). The van der Waals surface area contributed by atoms with Crippen molar-refractivity contribution in [2.75, 3.05) is 5.88 Å². The highest BCUT2D eigenvalue weighted by Gasteiger charge is 2.17. The van der Waals surface area contributed by atoms with Crippen molar-refractivity contribution in [2.24, 2.45) is 0 Å². The predicted molar refractivity (Wildman–Crippen MR) is 90.8 cm³/mol. The molecule has 0 unspecified atom stereocenters. The van der Waals surface area contributed by atoms with E-state index in [1.165, 1.54) is 0 Å². The number of halogens is 1. The summed E-state index contributed by atoms with van der Waals surface area (Å²) >= 11 is 5.89. The topological polar surface area (TPSA) is 30.7 Å². The molecule has 2 aromatic carbocycles. The fraction of sp³-hybridized carbons (Fsp3) is 0.111. The van der Waals surface area contributed by atoms with Crippen LogP contribution in [0.5, 0.6) is 0 Å². The smallest absolute Gasteiger partial charge is 0.121 e. The van der Waals surface area contributed by atoms with Gasteiger partial charge in [-0.3, -0.25) is 0 Å². The molecule has 1 heterocycles. The Balaban J connectivity index is 2.11. The quantitative estimate of drug-likeness (QED) is 0.660. The summed E-state index contributed by atoms with van der Waals surface area (Å²) < 4.78 is 1.84. The minimum atomic E-state index is 0.487. The number of alkyl halides is 1. The summed E-state index contributed by atoms with van der Waals surface area (Å²) in [6, 6.07) is 20.1. The fourth-order valence-corrected chi connectivity index (χ4v) is 2.57. The Hall–Kier alpha value is -2.39. The third-order valence-electron chi connectivity index (χ3n) is 3.49. The van der Waals surface area contributed by atoms with Crippen molar-refractivity contribution in [1.82, 2.24) is 15.0 Å². The van der Waals surface area contributed by atoms with E-state index in [0.717, 1.165) is 28.1 Å². The number of nitrogens with zero attached hydrogens (tertiary/aromatic N) is 3. The molecule has 0 aliphatic carbocycles. The molecule has 1 aromatic heterocycles. The number of hydrogen-bond donors (Lipinski definition) is 0. The van der Waals surface area contributed by atoms with E-state index in [4.69, 9.17) is 11.6 Å². The summed E-state index contributed by atoms with van der Waals surface area (Å²) in [6.45, 7) is 4.82. The minimum Gasteiger partial charge on any atom is -0.243 e. The Bertz CT molecular complexity index is 764. The first kappa shape index (κ1) is 14.5. The molecule has 0 fully saturated rings. The summed E-state index contributed by atoms with van der Waals surface area (Å²) in [4.78, 5) is 0. The van der Waals surface area contributed by atoms with Gasteiger partial charge in [0.25, 0.3) is 0 Å². The molecule has 0 spiro atoms. The van der Waals surface area contributed by atoms with Crippen LogP contribution >= 0.6 is 11.6 Å². The molecular formula is C18H16ClN3. The summed E-state index contributed by atoms with van der Waals surface area (Å²) in [6.07, 6.45) is 0. The van der Waals surface area contributed by atoms with E-state index in [0.29, 0.717) is 12.4 Å². The second-order valence-corrected chi connectivity index (χ2v) is 5.29. The SMILES string of the molecule is C=C(c1ccccc1)c1nnn(CCCl)c1-c1ccccc1. The van der Waals surface area contributed by atoms with E-state index < -0.39 is 0 Å². The van der Waals surface area contributed by atoms with Crippen LogP contribution in [0.2, 0.25) is 0 Å². The molecule has 0 aliphatic rings. The van der Waals surface area contributed by atoms with Gasteiger partial charge in [0.2, 0.25) is 0 Å². The summed E-state index contributed by atoms with van der Waals surface area (Å²) in [5.41, 5.74) is 4.71. The van der Waals surface area contributed by atoms with E-state index in [9.17, 15) is 0 Å². The number of aryl methyl sites for hydroxylation is 1. The number of aromatic nitrogens is 3. The molecule has 0 saturated carbocycles. The van der Waals surface area contributed by atoms with Gasteiger partial charge in [-0.1, -0.05) is 72.5 Å². The standard InChI is InChI=1S/C18H16ClN3/c1-14(15-8-4-2-5-9-15)17-18(16-10-6-3-7-11-16)22(13-12-19)21-20-17/h2-11H,1,12-13H2. The Morgan fingerprint density at radius 1 is 1.00 bits per heavy atom. The van der Waals surface area contributed by atoms with Gasteiger partial charge in [0.1, 0.15) is 5.69 Å².